The van der Waals surface area contributed by atoms with Crippen LogP contribution < -0.4 is 4.74 Å². The van der Waals surface area contributed by atoms with Gasteiger partial charge in [0.2, 0.25) is 0 Å². The van der Waals surface area contributed by atoms with E-state index >= 15 is 0 Å². The zero-order valence-electron chi connectivity index (χ0n) is 14.1. The van der Waals surface area contributed by atoms with Crippen LogP contribution in [-0.4, -0.2) is 5.97 Å². The van der Waals surface area contributed by atoms with E-state index in [1.807, 2.05) is 42.5 Å². The van der Waals surface area contributed by atoms with Crippen LogP contribution in [0.5, 0.6) is 5.75 Å². The molecule has 0 N–H and O–H groups in total. The first-order valence-corrected chi connectivity index (χ1v) is 8.83. The van der Waals surface area contributed by atoms with E-state index in [1.54, 1.807) is 0 Å². The van der Waals surface area contributed by atoms with Crippen LogP contribution in [-0.2, 0) is 0 Å². The van der Waals surface area contributed by atoms with Gasteiger partial charge >= 0.3 is 5.97 Å². The van der Waals surface area contributed by atoms with Crippen molar-refractivity contribution in [1.82, 2.24) is 0 Å². The maximum absolute atomic E-state index is 12.3. The Morgan fingerprint density at radius 2 is 1.65 bits per heavy atom. The summed E-state index contributed by atoms with van der Waals surface area (Å²) in [6.07, 6.45) is 1.08. The fraction of sp³-hybridized carbons (Fsp3) is 0.350. The Bertz CT molecular complexity index is 675. The lowest BCUT2D eigenvalue weighted by atomic mass is 9.99. The minimum atomic E-state index is -0.336. The highest BCUT2D eigenvalue weighted by molar-refractivity contribution is 9.10. The number of halogens is 1. The second-order valence-electron chi connectivity index (χ2n) is 6.17. The number of rotatable bonds is 5. The molecule has 0 fully saturated rings. The molecule has 0 saturated heterocycles. The third-order valence-electron chi connectivity index (χ3n) is 4.15. The van der Waals surface area contributed by atoms with Gasteiger partial charge in [-0.25, -0.2) is 4.79 Å². The molecular formula is C20H23BrO2. The molecule has 2 rings (SSSR count). The number of hydrogen-bond donors (Lipinski definition) is 0. The van der Waals surface area contributed by atoms with Gasteiger partial charge in [0.1, 0.15) is 5.75 Å². The molecule has 0 aliphatic heterocycles. The quantitative estimate of drug-likeness (QED) is 0.452. The van der Waals surface area contributed by atoms with Crippen LogP contribution >= 0.6 is 15.9 Å². The highest BCUT2D eigenvalue weighted by Crippen LogP contribution is 2.30. The molecule has 122 valence electrons. The van der Waals surface area contributed by atoms with Gasteiger partial charge in [-0.2, -0.15) is 0 Å². The average molecular weight is 375 g/mol. The fourth-order valence-corrected chi connectivity index (χ4v) is 2.78. The summed E-state index contributed by atoms with van der Waals surface area (Å²) in [6.45, 7) is 8.60. The minimum absolute atomic E-state index is 0.336. The van der Waals surface area contributed by atoms with Crippen molar-refractivity contribution in [2.24, 2.45) is 0 Å². The molecular weight excluding hydrogens is 352 g/mol. The lowest BCUT2D eigenvalue weighted by Crippen LogP contribution is -2.09. The Kier molecular flexibility index (Phi) is 6.00. The molecule has 0 aliphatic carbocycles. The second-order valence-corrected chi connectivity index (χ2v) is 7.02. The predicted octanol–water partition coefficient (Wildman–Crippen LogP) is 6.31. The van der Waals surface area contributed by atoms with Gasteiger partial charge in [0, 0.05) is 0 Å². The summed E-state index contributed by atoms with van der Waals surface area (Å²) in [5, 5.41) is 0. The number of carbonyl (C=O) groups excluding carboxylic acids is 1. The Hall–Kier alpha value is -1.61. The van der Waals surface area contributed by atoms with Gasteiger partial charge < -0.3 is 4.74 Å². The number of carbonyl (C=O) groups is 1. The van der Waals surface area contributed by atoms with Gasteiger partial charge in [0.05, 0.1) is 10.0 Å². The van der Waals surface area contributed by atoms with Crippen molar-refractivity contribution in [2.45, 2.75) is 46.0 Å². The summed E-state index contributed by atoms with van der Waals surface area (Å²) in [4.78, 5) is 12.3. The number of ether oxygens (including phenoxy) is 1. The average Bonchev–Trinajstić information content (AvgIpc) is 2.55. The van der Waals surface area contributed by atoms with Crippen LogP contribution in [0.2, 0.25) is 0 Å². The van der Waals surface area contributed by atoms with Gasteiger partial charge in [0.25, 0.3) is 0 Å². The molecule has 0 amide bonds. The number of hydrogen-bond acceptors (Lipinski definition) is 2. The van der Waals surface area contributed by atoms with E-state index in [2.05, 4.69) is 43.6 Å². The molecule has 0 aromatic heterocycles. The van der Waals surface area contributed by atoms with E-state index in [-0.39, 0.29) is 5.97 Å². The van der Waals surface area contributed by atoms with E-state index in [4.69, 9.17) is 4.74 Å². The molecule has 1 unspecified atom stereocenters. The van der Waals surface area contributed by atoms with Gasteiger partial charge in [0.15, 0.2) is 0 Å². The molecule has 0 bridgehead atoms. The van der Waals surface area contributed by atoms with Crippen molar-refractivity contribution in [3.8, 4) is 5.75 Å². The third kappa shape index (κ3) is 4.44. The molecule has 0 aliphatic rings. The molecule has 0 spiro atoms. The fourth-order valence-electron chi connectivity index (χ4n) is 2.30. The molecule has 1 atom stereocenters. The molecule has 2 nitrogen and oxygen atoms in total. The van der Waals surface area contributed by atoms with Crippen LogP contribution in [0.3, 0.4) is 0 Å². The summed E-state index contributed by atoms with van der Waals surface area (Å²) in [5.41, 5.74) is 3.01. The largest absolute Gasteiger partial charge is 0.422 e. The highest BCUT2D eigenvalue weighted by Gasteiger charge is 2.13. The first-order chi connectivity index (χ1) is 10.9. The van der Waals surface area contributed by atoms with Crippen LogP contribution in [0.1, 0.15) is 67.4 Å². The molecule has 23 heavy (non-hydrogen) atoms. The van der Waals surface area contributed by atoms with Crippen molar-refractivity contribution in [1.29, 1.82) is 0 Å². The molecule has 2 aromatic rings. The summed E-state index contributed by atoms with van der Waals surface area (Å²) in [5.74, 6) is 1.15. The van der Waals surface area contributed by atoms with Gasteiger partial charge in [-0.05, 0) is 69.6 Å². The minimum Gasteiger partial charge on any atom is -0.422 e. The van der Waals surface area contributed by atoms with Crippen molar-refractivity contribution in [3.63, 3.8) is 0 Å². The van der Waals surface area contributed by atoms with Crippen LogP contribution in [0.4, 0.5) is 0 Å². The smallest absolute Gasteiger partial charge is 0.343 e. The maximum Gasteiger partial charge on any atom is 0.343 e. The zero-order chi connectivity index (χ0) is 17.0. The van der Waals surface area contributed by atoms with E-state index in [0.717, 1.165) is 10.9 Å². The van der Waals surface area contributed by atoms with Crippen molar-refractivity contribution in [3.05, 3.63) is 63.6 Å². The Labute approximate surface area is 147 Å². The lowest BCUT2D eigenvalue weighted by Gasteiger charge is -2.12. The topological polar surface area (TPSA) is 26.3 Å². The van der Waals surface area contributed by atoms with Gasteiger partial charge in [-0.15, -0.1) is 0 Å². The van der Waals surface area contributed by atoms with Gasteiger partial charge in [-0.3, -0.25) is 0 Å². The first kappa shape index (κ1) is 17.7. The SMILES string of the molecule is CCC(C)c1ccc(OC(=O)c2ccc(C(C)C)cc2)c(Br)c1. The highest BCUT2D eigenvalue weighted by atomic mass is 79.9. The van der Waals surface area contributed by atoms with E-state index in [0.29, 0.717) is 23.1 Å². The van der Waals surface area contributed by atoms with E-state index in [1.165, 1.54) is 11.1 Å². The van der Waals surface area contributed by atoms with Crippen molar-refractivity contribution in [2.75, 3.05) is 0 Å². The monoisotopic (exact) mass is 374 g/mol. The first-order valence-electron chi connectivity index (χ1n) is 8.04. The molecule has 0 heterocycles. The van der Waals surface area contributed by atoms with Crippen molar-refractivity contribution >= 4 is 21.9 Å². The standard InChI is InChI=1S/C20H23BrO2/c1-5-14(4)17-10-11-19(18(21)12-17)23-20(22)16-8-6-15(7-9-16)13(2)3/h6-14H,5H2,1-4H3. The maximum atomic E-state index is 12.3. The second kappa shape index (κ2) is 7.78. The summed E-state index contributed by atoms with van der Waals surface area (Å²) < 4.78 is 6.32. The Balaban J connectivity index is 2.13. The third-order valence-corrected chi connectivity index (χ3v) is 4.77. The van der Waals surface area contributed by atoms with Crippen LogP contribution in [0.25, 0.3) is 0 Å². The Morgan fingerprint density at radius 1 is 1.04 bits per heavy atom. The summed E-state index contributed by atoms with van der Waals surface area (Å²) >= 11 is 3.50. The number of esters is 1. The molecule has 0 radical (unpaired) electrons. The van der Waals surface area contributed by atoms with E-state index < -0.39 is 0 Å². The Morgan fingerprint density at radius 3 is 2.17 bits per heavy atom. The zero-order valence-corrected chi connectivity index (χ0v) is 15.7. The van der Waals surface area contributed by atoms with Crippen LogP contribution in [0.15, 0.2) is 46.9 Å². The summed E-state index contributed by atoms with van der Waals surface area (Å²) in [7, 11) is 0. The molecule has 2 aromatic carbocycles. The molecule has 0 saturated carbocycles. The molecule has 3 heteroatoms. The van der Waals surface area contributed by atoms with E-state index in [9.17, 15) is 4.79 Å². The van der Waals surface area contributed by atoms with Gasteiger partial charge in [-0.1, -0.05) is 45.9 Å². The lowest BCUT2D eigenvalue weighted by molar-refractivity contribution is 0.0733. The van der Waals surface area contributed by atoms with Crippen LogP contribution in [0, 0.1) is 0 Å². The van der Waals surface area contributed by atoms with Crippen molar-refractivity contribution < 1.29 is 9.53 Å². The summed E-state index contributed by atoms with van der Waals surface area (Å²) in [6, 6.07) is 13.5. The predicted molar refractivity (Wildman–Crippen MR) is 98.3 cm³/mol. The number of benzene rings is 2. The normalized spacial score (nSPS) is 12.3.